The van der Waals surface area contributed by atoms with E-state index in [1.807, 2.05) is 7.05 Å². The highest BCUT2D eigenvalue weighted by Gasteiger charge is 2.23. The molecule has 3 rings (SSSR count). The Kier molecular flexibility index (Phi) is 4.60. The van der Waals surface area contributed by atoms with E-state index in [4.69, 9.17) is 0 Å². The van der Waals surface area contributed by atoms with Gasteiger partial charge >= 0.3 is 0 Å². The average molecular weight is 326 g/mol. The summed E-state index contributed by atoms with van der Waals surface area (Å²) < 4.78 is 0. The Morgan fingerprint density at radius 2 is 2.21 bits per heavy atom. The van der Waals surface area contributed by atoms with Crippen LogP contribution in [0.5, 0.6) is 0 Å². The van der Waals surface area contributed by atoms with Gasteiger partial charge in [0.1, 0.15) is 5.69 Å². The number of hydrogen-bond donors (Lipinski definition) is 2. The van der Waals surface area contributed by atoms with Crippen molar-refractivity contribution in [3.63, 3.8) is 0 Å². The molecule has 0 fully saturated rings. The number of aromatic nitrogens is 3. The van der Waals surface area contributed by atoms with Gasteiger partial charge in [0.05, 0.1) is 11.7 Å². The number of nitrogens with one attached hydrogen (secondary N) is 2. The van der Waals surface area contributed by atoms with Crippen molar-refractivity contribution in [2.45, 2.75) is 52.5 Å². The Morgan fingerprint density at radius 1 is 1.42 bits per heavy atom. The van der Waals surface area contributed by atoms with Gasteiger partial charge in [-0.3, -0.25) is 9.89 Å². The number of aryl methyl sites for hydroxylation is 1. The van der Waals surface area contributed by atoms with Gasteiger partial charge in [-0.25, -0.2) is 0 Å². The van der Waals surface area contributed by atoms with Gasteiger partial charge in [0.15, 0.2) is 0 Å². The first-order valence-electron chi connectivity index (χ1n) is 8.75. The molecule has 0 bridgehead atoms. The molecule has 0 aliphatic heterocycles. The second kappa shape index (κ2) is 6.67. The number of fused-ring (bicyclic) bond motifs is 1. The topological polar surface area (TPSA) is 64.8 Å². The van der Waals surface area contributed by atoms with Gasteiger partial charge in [0.25, 0.3) is 0 Å². The number of aromatic amines is 2. The monoisotopic (exact) mass is 326 g/mol. The van der Waals surface area contributed by atoms with Gasteiger partial charge in [0.2, 0.25) is 5.91 Å². The van der Waals surface area contributed by atoms with Crippen molar-refractivity contribution in [3.8, 4) is 11.4 Å². The molecule has 2 aromatic heterocycles. The van der Waals surface area contributed by atoms with Crippen LogP contribution in [0.1, 0.15) is 49.7 Å². The minimum absolute atomic E-state index is 0.0880. The second-order valence-corrected chi connectivity index (χ2v) is 6.51. The largest absolute Gasteiger partial charge is 0.356 e. The number of nitrogens with zero attached hydrogens (tertiary/aromatic N) is 2. The van der Waals surface area contributed by atoms with Crippen LogP contribution < -0.4 is 0 Å². The van der Waals surface area contributed by atoms with Gasteiger partial charge in [-0.1, -0.05) is 32.4 Å². The summed E-state index contributed by atoms with van der Waals surface area (Å²) in [6.45, 7) is 5.96. The van der Waals surface area contributed by atoms with E-state index in [1.54, 1.807) is 11.8 Å². The Labute approximate surface area is 143 Å². The van der Waals surface area contributed by atoms with Crippen LogP contribution in [-0.2, 0) is 24.1 Å². The molecule has 2 aromatic rings. The number of hydrogen-bond acceptors (Lipinski definition) is 2. The maximum absolute atomic E-state index is 11.6. The van der Waals surface area contributed by atoms with Crippen LogP contribution >= 0.6 is 0 Å². The zero-order valence-electron chi connectivity index (χ0n) is 14.9. The molecule has 0 aromatic carbocycles. The predicted octanol–water partition coefficient (Wildman–Crippen LogP) is 3.34. The van der Waals surface area contributed by atoms with Crippen LogP contribution in [0.4, 0.5) is 0 Å². The Hall–Kier alpha value is -2.30. The van der Waals surface area contributed by atoms with E-state index in [1.165, 1.54) is 22.5 Å². The lowest BCUT2D eigenvalue weighted by atomic mass is 9.99. The number of likely N-dealkylation sites (N-methyl/N-ethyl adjacent to an activating group) is 1. The van der Waals surface area contributed by atoms with E-state index in [2.05, 4.69) is 47.2 Å². The highest BCUT2D eigenvalue weighted by Crippen LogP contribution is 2.30. The van der Waals surface area contributed by atoms with E-state index in [9.17, 15) is 4.79 Å². The summed E-state index contributed by atoms with van der Waals surface area (Å²) in [5.74, 6) is 0.0880. The molecule has 0 saturated carbocycles. The molecule has 1 aliphatic rings. The zero-order chi connectivity index (χ0) is 17.3. The van der Waals surface area contributed by atoms with E-state index in [-0.39, 0.29) is 11.9 Å². The van der Waals surface area contributed by atoms with E-state index in [0.717, 1.165) is 37.1 Å². The van der Waals surface area contributed by atoms with Crippen LogP contribution in [0.25, 0.3) is 17.5 Å². The molecule has 0 saturated heterocycles. The Morgan fingerprint density at radius 3 is 2.88 bits per heavy atom. The second-order valence-electron chi connectivity index (χ2n) is 6.51. The normalized spacial score (nSPS) is 16.2. The van der Waals surface area contributed by atoms with E-state index >= 15 is 0 Å². The molecule has 128 valence electrons. The molecule has 2 N–H and O–H groups in total. The van der Waals surface area contributed by atoms with E-state index in [0.29, 0.717) is 0 Å². The lowest BCUT2D eigenvalue weighted by Gasteiger charge is -2.26. The predicted molar refractivity (Wildman–Crippen MR) is 96.7 cm³/mol. The summed E-state index contributed by atoms with van der Waals surface area (Å²) in [7, 11) is 1.85. The zero-order valence-corrected chi connectivity index (χ0v) is 14.9. The minimum Gasteiger partial charge on any atom is -0.356 e. The molecule has 5 heteroatoms. The van der Waals surface area contributed by atoms with Gasteiger partial charge in [-0.2, -0.15) is 5.10 Å². The molecule has 1 unspecified atom stereocenters. The highest BCUT2D eigenvalue weighted by molar-refractivity contribution is 5.75. The fraction of sp³-hybridized carbons (Fsp3) is 0.474. The van der Waals surface area contributed by atoms with Gasteiger partial charge in [-0.15, -0.1) is 0 Å². The maximum atomic E-state index is 11.6. The third-order valence-corrected chi connectivity index (χ3v) is 4.90. The number of H-pyrrole nitrogens is 2. The number of carbonyl (C=O) groups excluding carboxylic acids is 1. The molecule has 0 spiro atoms. The first-order valence-corrected chi connectivity index (χ1v) is 8.75. The van der Waals surface area contributed by atoms with Crippen molar-refractivity contribution < 1.29 is 4.79 Å². The lowest BCUT2D eigenvalue weighted by molar-refractivity contribution is -0.128. The van der Waals surface area contributed by atoms with Crippen LogP contribution in [0, 0.1) is 0 Å². The van der Waals surface area contributed by atoms with Gasteiger partial charge < -0.3 is 9.88 Å². The van der Waals surface area contributed by atoms with Crippen LogP contribution in [0.15, 0.2) is 12.1 Å². The molecule has 5 nitrogen and oxygen atoms in total. The summed E-state index contributed by atoms with van der Waals surface area (Å²) in [5, 5.41) is 7.75. The van der Waals surface area contributed by atoms with Gasteiger partial charge in [-0.05, 0) is 24.5 Å². The number of amides is 1. The van der Waals surface area contributed by atoms with Crippen molar-refractivity contribution in [3.05, 3.63) is 34.7 Å². The average Bonchev–Trinajstić information content (AvgIpc) is 3.16. The molecule has 2 heterocycles. The third kappa shape index (κ3) is 2.90. The number of carbonyl (C=O) groups is 1. The Bertz CT molecular complexity index is 768. The van der Waals surface area contributed by atoms with Crippen LogP contribution in [0.3, 0.4) is 0 Å². The first kappa shape index (κ1) is 16.6. The minimum atomic E-state index is 0.0880. The van der Waals surface area contributed by atoms with Crippen molar-refractivity contribution in [2.75, 3.05) is 7.05 Å². The molecule has 1 atom stereocenters. The summed E-state index contributed by atoms with van der Waals surface area (Å²) in [5.41, 5.74) is 7.02. The van der Waals surface area contributed by atoms with Crippen molar-refractivity contribution in [2.24, 2.45) is 0 Å². The maximum Gasteiger partial charge on any atom is 0.219 e. The smallest absolute Gasteiger partial charge is 0.219 e. The molecule has 0 radical (unpaired) electrons. The SMILES string of the molecule is CCCc1c(-c2cc3c([nH]2)CC(N(C)C(C)=O)C=C3)n[nH]c1CC. The lowest BCUT2D eigenvalue weighted by Crippen LogP contribution is -2.36. The molecule has 1 aliphatic carbocycles. The van der Waals surface area contributed by atoms with Crippen molar-refractivity contribution >= 4 is 12.0 Å². The fourth-order valence-corrected chi connectivity index (χ4v) is 3.39. The van der Waals surface area contributed by atoms with Crippen LogP contribution in [0.2, 0.25) is 0 Å². The first-order chi connectivity index (χ1) is 11.5. The summed E-state index contributed by atoms with van der Waals surface area (Å²) >= 11 is 0. The van der Waals surface area contributed by atoms with Crippen LogP contribution in [-0.4, -0.2) is 39.1 Å². The molecule has 24 heavy (non-hydrogen) atoms. The quantitative estimate of drug-likeness (QED) is 0.885. The fourth-order valence-electron chi connectivity index (χ4n) is 3.39. The summed E-state index contributed by atoms with van der Waals surface area (Å²) in [4.78, 5) is 16.9. The van der Waals surface area contributed by atoms with Gasteiger partial charge in [0, 0.05) is 37.3 Å². The summed E-state index contributed by atoms with van der Waals surface area (Å²) in [6, 6.07) is 2.28. The van der Waals surface area contributed by atoms with Crippen molar-refractivity contribution in [1.29, 1.82) is 0 Å². The van der Waals surface area contributed by atoms with Crippen molar-refractivity contribution in [1.82, 2.24) is 20.1 Å². The van der Waals surface area contributed by atoms with E-state index < -0.39 is 0 Å². The number of rotatable bonds is 5. The molecular weight excluding hydrogens is 300 g/mol. The Balaban J connectivity index is 1.91. The molecule has 1 amide bonds. The highest BCUT2D eigenvalue weighted by atomic mass is 16.2. The summed E-state index contributed by atoms with van der Waals surface area (Å²) in [6.07, 6.45) is 8.13. The molecular formula is C19H26N4O. The third-order valence-electron chi connectivity index (χ3n) is 4.90. The standard InChI is InChI=1S/C19H26N4O/c1-5-7-15-16(6-2)21-22-19(15)18-10-13-8-9-14(11-17(13)20-18)23(4)12(3)24/h8-10,14,20H,5-7,11H2,1-4H3,(H,21,22).